The van der Waals surface area contributed by atoms with Crippen molar-refractivity contribution in [1.29, 1.82) is 0 Å². The van der Waals surface area contributed by atoms with Gasteiger partial charge < -0.3 is 0 Å². The topological polar surface area (TPSA) is 43.1 Å². The van der Waals surface area contributed by atoms with Gasteiger partial charge in [0.05, 0.1) is 28.0 Å². The molecule has 0 saturated carbocycles. The maximum Gasteiger partial charge on any atom is 0.161 e. The summed E-state index contributed by atoms with van der Waals surface area (Å²) in [5.41, 5.74) is 18.7. The number of imidazole rings is 1. The van der Waals surface area contributed by atoms with Crippen molar-refractivity contribution in [3.8, 4) is 67.4 Å². The third-order valence-corrected chi connectivity index (χ3v) is 11.9. The normalized spacial score (nSPS) is 13.1. The monoisotopic (exact) mass is 712 g/mol. The highest BCUT2D eigenvalue weighted by atomic mass is 15.0. The Kier molecular flexibility index (Phi) is 6.52. The molecule has 0 radical (unpaired) electrons. The predicted octanol–water partition coefficient (Wildman–Crippen LogP) is 12.3. The second-order valence-electron chi connectivity index (χ2n) is 14.7. The van der Waals surface area contributed by atoms with Crippen molar-refractivity contribution in [2.45, 2.75) is 5.41 Å². The van der Waals surface area contributed by atoms with E-state index in [1.54, 1.807) is 0 Å². The van der Waals surface area contributed by atoms with Gasteiger partial charge in [-0.25, -0.2) is 15.0 Å². The first-order chi connectivity index (χ1) is 27.8. The molecule has 260 valence electrons. The van der Waals surface area contributed by atoms with Gasteiger partial charge in [0, 0.05) is 33.8 Å². The van der Waals surface area contributed by atoms with Crippen molar-refractivity contribution in [1.82, 2.24) is 19.4 Å². The van der Waals surface area contributed by atoms with Gasteiger partial charge in [-0.2, -0.15) is 0 Å². The Morgan fingerprint density at radius 1 is 0.375 bits per heavy atom. The summed E-state index contributed by atoms with van der Waals surface area (Å²) in [6.45, 7) is 0. The lowest BCUT2D eigenvalue weighted by Crippen LogP contribution is -2.25. The average Bonchev–Trinajstić information content (AvgIpc) is 3.91. The SMILES string of the molecule is c1ccc(-c2c(-c3ccccc3-c3nc(-c4ccc5c(c4)C4(c6ccccc6-c6ccccc64)c4ccccc4-5)c4ccccc4n3)nc3ccccn23)cc1. The number of pyridine rings is 1. The minimum absolute atomic E-state index is 0.440. The van der Waals surface area contributed by atoms with E-state index in [2.05, 4.69) is 193 Å². The average molecular weight is 713 g/mol. The third-order valence-electron chi connectivity index (χ3n) is 11.9. The van der Waals surface area contributed by atoms with Crippen LogP contribution in [0, 0.1) is 0 Å². The van der Waals surface area contributed by atoms with Crippen LogP contribution in [0.4, 0.5) is 0 Å². The van der Waals surface area contributed by atoms with Crippen LogP contribution in [0.5, 0.6) is 0 Å². The minimum atomic E-state index is -0.440. The van der Waals surface area contributed by atoms with Gasteiger partial charge in [-0.3, -0.25) is 4.40 Å². The molecular weight excluding hydrogens is 681 g/mol. The number of aromatic nitrogens is 4. The van der Waals surface area contributed by atoms with Gasteiger partial charge in [-0.15, -0.1) is 0 Å². The molecule has 0 atom stereocenters. The smallest absolute Gasteiger partial charge is 0.161 e. The number of para-hydroxylation sites is 1. The molecule has 7 aromatic carbocycles. The molecule has 10 aromatic rings. The van der Waals surface area contributed by atoms with Crippen LogP contribution in [0.15, 0.2) is 194 Å². The summed E-state index contributed by atoms with van der Waals surface area (Å²) in [4.78, 5) is 16.0. The number of benzene rings is 7. The summed E-state index contributed by atoms with van der Waals surface area (Å²) in [5, 5.41) is 1.02. The number of fused-ring (bicyclic) bond motifs is 12. The molecule has 4 heteroatoms. The number of rotatable bonds is 4. The lowest BCUT2D eigenvalue weighted by Gasteiger charge is -2.30. The van der Waals surface area contributed by atoms with Crippen molar-refractivity contribution < 1.29 is 0 Å². The molecule has 0 N–H and O–H groups in total. The first-order valence-corrected chi connectivity index (χ1v) is 19.1. The molecule has 0 amide bonds. The zero-order valence-corrected chi connectivity index (χ0v) is 30.3. The first kappa shape index (κ1) is 31.0. The maximum absolute atomic E-state index is 5.52. The Morgan fingerprint density at radius 3 is 1.66 bits per heavy atom. The molecule has 12 rings (SSSR count). The molecule has 56 heavy (non-hydrogen) atoms. The van der Waals surface area contributed by atoms with E-state index in [0.717, 1.165) is 55.9 Å². The second-order valence-corrected chi connectivity index (χ2v) is 14.7. The van der Waals surface area contributed by atoms with Crippen LogP contribution in [0.1, 0.15) is 22.3 Å². The van der Waals surface area contributed by atoms with Crippen LogP contribution in [-0.2, 0) is 5.41 Å². The summed E-state index contributed by atoms with van der Waals surface area (Å²) in [5.74, 6) is 0.667. The largest absolute Gasteiger partial charge is 0.299 e. The quantitative estimate of drug-likeness (QED) is 0.182. The lowest BCUT2D eigenvalue weighted by molar-refractivity contribution is 0.794. The van der Waals surface area contributed by atoms with E-state index >= 15 is 0 Å². The lowest BCUT2D eigenvalue weighted by atomic mass is 9.70. The van der Waals surface area contributed by atoms with E-state index in [1.807, 2.05) is 6.07 Å². The van der Waals surface area contributed by atoms with Crippen LogP contribution in [0.3, 0.4) is 0 Å². The molecule has 3 heterocycles. The highest BCUT2D eigenvalue weighted by Gasteiger charge is 2.51. The van der Waals surface area contributed by atoms with Crippen LogP contribution < -0.4 is 0 Å². The summed E-state index contributed by atoms with van der Waals surface area (Å²) >= 11 is 0. The Hall–Kier alpha value is -7.43. The second kappa shape index (κ2) is 11.8. The highest BCUT2D eigenvalue weighted by Crippen LogP contribution is 2.63. The molecule has 0 fully saturated rings. The predicted molar refractivity (Wildman–Crippen MR) is 226 cm³/mol. The zero-order valence-electron chi connectivity index (χ0n) is 30.3. The van der Waals surface area contributed by atoms with E-state index in [9.17, 15) is 0 Å². The third kappa shape index (κ3) is 4.21. The fourth-order valence-corrected chi connectivity index (χ4v) is 9.60. The van der Waals surface area contributed by atoms with Crippen LogP contribution in [-0.4, -0.2) is 19.4 Å². The molecular formula is C52H32N4. The van der Waals surface area contributed by atoms with Gasteiger partial charge >= 0.3 is 0 Å². The number of hydrogen-bond acceptors (Lipinski definition) is 3. The Bertz CT molecular complexity index is 3150. The minimum Gasteiger partial charge on any atom is -0.299 e. The molecule has 0 saturated heterocycles. The zero-order chi connectivity index (χ0) is 36.8. The molecule has 2 aliphatic rings. The van der Waals surface area contributed by atoms with Crippen LogP contribution in [0.2, 0.25) is 0 Å². The number of nitrogens with zero attached hydrogens (tertiary/aromatic N) is 4. The Labute approximate surface area is 324 Å². The molecule has 2 aliphatic carbocycles. The van der Waals surface area contributed by atoms with Crippen molar-refractivity contribution in [3.63, 3.8) is 0 Å². The van der Waals surface area contributed by atoms with E-state index in [4.69, 9.17) is 15.0 Å². The van der Waals surface area contributed by atoms with Crippen molar-refractivity contribution >= 4 is 16.6 Å². The van der Waals surface area contributed by atoms with Gasteiger partial charge in [0.25, 0.3) is 0 Å². The molecule has 0 aliphatic heterocycles. The van der Waals surface area contributed by atoms with Gasteiger partial charge in [-0.05, 0) is 68.8 Å². The standard InChI is InChI=1S/C52H32N4/c1-2-16-33(17-3-1)50-49(54-47-28-14-15-31-56(47)50)39-21-4-5-22-40(39)51-53-46-27-13-9-23-41(46)48(55-51)34-29-30-38-37-20-8-12-26-44(37)52(45(38)32-34)42-24-10-6-18-35(42)36-19-7-11-25-43(36)52/h1-32H. The number of hydrogen-bond donors (Lipinski definition) is 0. The van der Waals surface area contributed by atoms with E-state index in [-0.39, 0.29) is 0 Å². The fourth-order valence-electron chi connectivity index (χ4n) is 9.60. The maximum atomic E-state index is 5.52. The van der Waals surface area contributed by atoms with Gasteiger partial charge in [0.15, 0.2) is 5.82 Å². The Morgan fingerprint density at radius 2 is 0.946 bits per heavy atom. The molecule has 1 spiro atoms. The molecule has 0 unspecified atom stereocenters. The molecule has 4 nitrogen and oxygen atoms in total. The van der Waals surface area contributed by atoms with Crippen molar-refractivity contribution in [3.05, 3.63) is 217 Å². The Balaban J connectivity index is 1.10. The van der Waals surface area contributed by atoms with Crippen molar-refractivity contribution in [2.75, 3.05) is 0 Å². The summed E-state index contributed by atoms with van der Waals surface area (Å²) in [6.07, 6.45) is 2.08. The van der Waals surface area contributed by atoms with Gasteiger partial charge in [-0.1, -0.05) is 164 Å². The van der Waals surface area contributed by atoms with Crippen molar-refractivity contribution in [2.24, 2.45) is 0 Å². The first-order valence-electron chi connectivity index (χ1n) is 19.1. The van der Waals surface area contributed by atoms with E-state index < -0.39 is 5.41 Å². The van der Waals surface area contributed by atoms with Gasteiger partial charge in [0.2, 0.25) is 0 Å². The fraction of sp³-hybridized carbons (Fsp3) is 0.0192. The summed E-state index contributed by atoms with van der Waals surface area (Å²) in [6, 6.07) is 67.3. The molecule has 3 aromatic heterocycles. The van der Waals surface area contributed by atoms with E-state index in [0.29, 0.717) is 5.82 Å². The van der Waals surface area contributed by atoms with E-state index in [1.165, 1.54) is 44.5 Å². The van der Waals surface area contributed by atoms with Crippen LogP contribution in [0.25, 0.3) is 84.0 Å². The molecule has 0 bridgehead atoms. The van der Waals surface area contributed by atoms with Gasteiger partial charge in [0.1, 0.15) is 5.65 Å². The summed E-state index contributed by atoms with van der Waals surface area (Å²) in [7, 11) is 0. The van der Waals surface area contributed by atoms with Crippen LogP contribution >= 0.6 is 0 Å². The summed E-state index contributed by atoms with van der Waals surface area (Å²) < 4.78 is 2.17. The highest BCUT2D eigenvalue weighted by molar-refractivity contribution is 5.99.